The first-order valence-corrected chi connectivity index (χ1v) is 14.0. The number of carbonyl (C=O) groups excluding carboxylic acids is 2. The molecule has 1 N–H and O–H groups in total. The third-order valence-corrected chi connectivity index (χ3v) is 7.71. The van der Waals surface area contributed by atoms with Gasteiger partial charge in [0.05, 0.1) is 25.7 Å². The maximum absolute atomic E-state index is 13.1. The first-order valence-electron chi connectivity index (χ1n) is 11.0. The molecule has 0 radical (unpaired) electrons. The molecule has 2 aromatic carbocycles. The molecule has 0 aliphatic heterocycles. The van der Waals surface area contributed by atoms with Crippen LogP contribution in [-0.4, -0.2) is 73.5 Å². The number of aromatic nitrogens is 4. The first-order chi connectivity index (χ1) is 17.9. The fourth-order valence-electron chi connectivity index (χ4n) is 3.85. The number of benzene rings is 2. The molecule has 0 saturated heterocycles. The lowest BCUT2D eigenvalue weighted by molar-refractivity contribution is -0.169. The van der Waals surface area contributed by atoms with Crippen LogP contribution in [0.5, 0.6) is 0 Å². The van der Waals surface area contributed by atoms with E-state index in [9.17, 15) is 31.0 Å². The summed E-state index contributed by atoms with van der Waals surface area (Å²) in [6, 6.07) is 13.7. The molecule has 1 heterocycles. The summed E-state index contributed by atoms with van der Waals surface area (Å²) >= 11 is 0. The van der Waals surface area contributed by atoms with Crippen molar-refractivity contribution in [3.63, 3.8) is 0 Å². The number of rotatable bonds is 12. The van der Waals surface area contributed by atoms with Crippen LogP contribution in [0.25, 0.3) is 5.69 Å². The van der Waals surface area contributed by atoms with Gasteiger partial charge in [0, 0.05) is 5.69 Å². The average molecular weight is 567 g/mol. The topological polar surface area (TPSA) is 200 Å². The van der Waals surface area contributed by atoms with Crippen molar-refractivity contribution < 1.29 is 40.5 Å². The maximum atomic E-state index is 13.1. The van der Waals surface area contributed by atoms with E-state index < -0.39 is 48.4 Å². The van der Waals surface area contributed by atoms with Crippen LogP contribution in [-0.2, 0) is 45.6 Å². The Bertz CT molecular complexity index is 1470. The van der Waals surface area contributed by atoms with Crippen LogP contribution in [0.2, 0.25) is 0 Å². The van der Waals surface area contributed by atoms with Crippen LogP contribution in [0.1, 0.15) is 18.4 Å². The Morgan fingerprint density at radius 1 is 0.974 bits per heavy atom. The van der Waals surface area contributed by atoms with E-state index in [1.807, 2.05) is 0 Å². The summed E-state index contributed by atoms with van der Waals surface area (Å²) in [4.78, 5) is 25.7. The number of para-hydroxylation sites is 1. The van der Waals surface area contributed by atoms with Crippen molar-refractivity contribution in [1.82, 2.24) is 20.2 Å². The van der Waals surface area contributed by atoms with Gasteiger partial charge in [-0.1, -0.05) is 35.4 Å². The minimum Gasteiger partial charge on any atom is -0.731 e. The standard InChI is InChI=1S/C22H25N5O9S2/c1-35-19(28)22(20(29)36-2,15-16-9-11-17(12-10-16)24-38(32,33)34)13-6-14-37(30,31)21-23-25-26-27(21)18-7-4-3-5-8-18/h3-5,7-12,24H,6,13-15H2,1-2H3,(H,32,33,34)/p-1. The predicted octanol–water partition coefficient (Wildman–Crippen LogP) is 0.663. The molecule has 0 fully saturated rings. The minimum atomic E-state index is -4.75. The third-order valence-electron chi connectivity index (χ3n) is 5.59. The zero-order valence-corrected chi connectivity index (χ0v) is 21.9. The van der Waals surface area contributed by atoms with Gasteiger partial charge in [-0.15, -0.1) is 0 Å². The second kappa shape index (κ2) is 11.7. The van der Waals surface area contributed by atoms with Crippen LogP contribution in [0, 0.1) is 5.41 Å². The van der Waals surface area contributed by atoms with Gasteiger partial charge >= 0.3 is 11.9 Å². The molecule has 3 aromatic rings. The van der Waals surface area contributed by atoms with Gasteiger partial charge in [-0.2, -0.15) is 4.68 Å². The van der Waals surface area contributed by atoms with Crippen molar-refractivity contribution in [2.75, 3.05) is 24.7 Å². The number of tetrazole rings is 1. The van der Waals surface area contributed by atoms with Crippen molar-refractivity contribution in [1.29, 1.82) is 0 Å². The molecule has 204 valence electrons. The highest BCUT2D eigenvalue weighted by Crippen LogP contribution is 2.33. The molecule has 0 amide bonds. The number of anilines is 1. The minimum absolute atomic E-state index is 0.0206. The molecule has 38 heavy (non-hydrogen) atoms. The molecular weight excluding hydrogens is 542 g/mol. The first kappa shape index (κ1) is 28.7. The second-order valence-corrected chi connectivity index (χ2v) is 11.2. The summed E-state index contributed by atoms with van der Waals surface area (Å²) in [5.41, 5.74) is -1.11. The smallest absolute Gasteiger partial charge is 0.323 e. The Hall–Kier alpha value is -3.89. The third kappa shape index (κ3) is 6.70. The zero-order valence-electron chi connectivity index (χ0n) is 20.3. The maximum Gasteiger partial charge on any atom is 0.323 e. The fraction of sp³-hybridized carbons (Fsp3) is 0.318. The quantitative estimate of drug-likeness (QED) is 0.183. The molecule has 1 aromatic heterocycles. The largest absolute Gasteiger partial charge is 0.731 e. The van der Waals surface area contributed by atoms with Gasteiger partial charge in [0.25, 0.3) is 5.16 Å². The van der Waals surface area contributed by atoms with Crippen molar-refractivity contribution in [3.05, 3.63) is 60.2 Å². The van der Waals surface area contributed by atoms with Gasteiger partial charge in [0.2, 0.25) is 9.84 Å². The summed E-state index contributed by atoms with van der Waals surface area (Å²) in [7, 11) is -6.64. The van der Waals surface area contributed by atoms with Gasteiger partial charge in [0.15, 0.2) is 15.7 Å². The number of hydrogen-bond acceptors (Lipinski definition) is 12. The molecule has 0 unspecified atom stereocenters. The Kier molecular flexibility index (Phi) is 8.80. The second-order valence-electron chi connectivity index (χ2n) is 8.13. The molecule has 0 atom stereocenters. The van der Waals surface area contributed by atoms with Crippen molar-refractivity contribution in [2.24, 2.45) is 5.41 Å². The van der Waals surface area contributed by atoms with E-state index in [4.69, 9.17) is 9.47 Å². The Morgan fingerprint density at radius 3 is 2.13 bits per heavy atom. The lowest BCUT2D eigenvalue weighted by Gasteiger charge is -2.28. The van der Waals surface area contributed by atoms with Crippen molar-refractivity contribution in [2.45, 2.75) is 24.4 Å². The van der Waals surface area contributed by atoms with E-state index in [0.717, 1.165) is 18.9 Å². The molecule has 0 aliphatic rings. The number of carbonyl (C=O) groups is 2. The monoisotopic (exact) mass is 566 g/mol. The van der Waals surface area contributed by atoms with Crippen LogP contribution in [0.3, 0.4) is 0 Å². The van der Waals surface area contributed by atoms with Crippen LogP contribution >= 0.6 is 0 Å². The molecule has 0 spiro atoms. The summed E-state index contributed by atoms with van der Waals surface area (Å²) in [5, 5.41) is 10.4. The van der Waals surface area contributed by atoms with E-state index in [2.05, 4.69) is 15.5 Å². The van der Waals surface area contributed by atoms with Crippen LogP contribution in [0.4, 0.5) is 5.69 Å². The normalized spacial score (nSPS) is 12.1. The van der Waals surface area contributed by atoms with E-state index in [-0.39, 0.29) is 24.9 Å². The number of methoxy groups -OCH3 is 2. The summed E-state index contributed by atoms with van der Waals surface area (Å²) in [6.45, 7) is 0. The summed E-state index contributed by atoms with van der Waals surface area (Å²) < 4.78 is 71.5. The highest BCUT2D eigenvalue weighted by molar-refractivity contribution is 7.91. The molecule has 0 bridgehead atoms. The van der Waals surface area contributed by atoms with E-state index >= 15 is 0 Å². The van der Waals surface area contributed by atoms with Gasteiger partial charge in [0.1, 0.15) is 0 Å². The number of nitrogens with one attached hydrogen (secondary N) is 1. The Labute approximate surface area is 218 Å². The summed E-state index contributed by atoms with van der Waals surface area (Å²) in [6.07, 6.45) is -0.686. The van der Waals surface area contributed by atoms with Crippen molar-refractivity contribution in [3.8, 4) is 5.69 Å². The van der Waals surface area contributed by atoms with Crippen LogP contribution in [0.15, 0.2) is 59.8 Å². The van der Waals surface area contributed by atoms with Crippen molar-refractivity contribution >= 4 is 37.8 Å². The molecule has 14 nitrogen and oxygen atoms in total. The Balaban J connectivity index is 1.85. The molecule has 3 rings (SSSR count). The number of nitrogens with zero attached hydrogens (tertiary/aromatic N) is 4. The molecular formula is C22H24N5O9S2-. The van der Waals surface area contributed by atoms with Crippen LogP contribution < -0.4 is 4.72 Å². The lowest BCUT2D eigenvalue weighted by atomic mass is 9.77. The molecule has 16 heteroatoms. The fourth-order valence-corrected chi connectivity index (χ4v) is 5.55. The number of sulfone groups is 1. The van der Waals surface area contributed by atoms with Gasteiger partial charge < -0.3 is 14.0 Å². The van der Waals surface area contributed by atoms with Gasteiger partial charge in [-0.05, 0) is 59.5 Å². The number of ether oxygens (including phenoxy) is 2. The van der Waals surface area contributed by atoms with Gasteiger partial charge in [-0.3, -0.25) is 14.3 Å². The predicted molar refractivity (Wildman–Crippen MR) is 130 cm³/mol. The van der Waals surface area contributed by atoms with E-state index in [1.54, 1.807) is 35.1 Å². The Morgan fingerprint density at radius 2 is 1.58 bits per heavy atom. The highest BCUT2D eigenvalue weighted by Gasteiger charge is 2.48. The van der Waals surface area contributed by atoms with Gasteiger partial charge in [-0.25, -0.2) is 16.8 Å². The van der Waals surface area contributed by atoms with E-state index in [0.29, 0.717) is 11.3 Å². The zero-order chi connectivity index (χ0) is 28.0. The molecule has 0 saturated carbocycles. The van der Waals surface area contributed by atoms with E-state index in [1.165, 1.54) is 24.3 Å². The highest BCUT2D eigenvalue weighted by atomic mass is 32.2. The average Bonchev–Trinajstić information content (AvgIpc) is 3.39. The summed E-state index contributed by atoms with van der Waals surface area (Å²) in [5.74, 6) is -2.39. The number of hydrogen-bond donors (Lipinski definition) is 1. The lowest BCUT2D eigenvalue weighted by Crippen LogP contribution is -2.43. The SMILES string of the molecule is COC(=O)C(CCCS(=O)(=O)c1nnnn1-c1ccccc1)(Cc1ccc(NS(=O)(=O)[O-])cc1)C(=O)OC. The molecule has 0 aliphatic carbocycles. The number of esters is 2.